The van der Waals surface area contributed by atoms with Gasteiger partial charge in [0.05, 0.1) is 0 Å². The van der Waals surface area contributed by atoms with Gasteiger partial charge in [-0.05, 0) is 63.3 Å². The van der Waals surface area contributed by atoms with Gasteiger partial charge in [0.15, 0.2) is 0 Å². The molecule has 0 amide bonds. The van der Waals surface area contributed by atoms with E-state index in [2.05, 4.69) is 39.7 Å². The molecule has 0 aromatic rings. The Morgan fingerprint density at radius 2 is 2.10 bits per heavy atom. The molecule has 3 aliphatic rings. The van der Waals surface area contributed by atoms with E-state index in [-0.39, 0.29) is 6.04 Å². The van der Waals surface area contributed by atoms with Crippen LogP contribution in [-0.4, -0.2) is 51.6 Å². The molecule has 2 heterocycles. The number of carbonyl (C=O) groups is 1. The molecule has 0 unspecified atom stereocenters. The van der Waals surface area contributed by atoms with Crippen molar-refractivity contribution in [3.63, 3.8) is 0 Å². The third kappa shape index (κ3) is 3.72. The Balaban J connectivity index is 1.57. The predicted octanol–water partition coefficient (Wildman–Crippen LogP) is 2.36. The van der Waals surface area contributed by atoms with Crippen molar-refractivity contribution < 1.29 is 9.90 Å². The lowest BCUT2D eigenvalue weighted by molar-refractivity contribution is -0.142. The van der Waals surface area contributed by atoms with Gasteiger partial charge in [0, 0.05) is 23.1 Å². The van der Waals surface area contributed by atoms with Crippen molar-refractivity contribution in [2.45, 2.75) is 55.0 Å². The number of carboxylic acid groups (broad SMARTS) is 1. The summed E-state index contributed by atoms with van der Waals surface area (Å²) in [6, 6.07) is 0.416. The second kappa shape index (κ2) is 6.71. The minimum Gasteiger partial charge on any atom is -0.480 e. The lowest BCUT2D eigenvalue weighted by Gasteiger charge is -2.43. The number of halogens is 1. The van der Waals surface area contributed by atoms with E-state index in [1.54, 1.807) is 0 Å². The average molecular weight is 406 g/mol. The van der Waals surface area contributed by atoms with Crippen LogP contribution in [0.25, 0.3) is 0 Å². The van der Waals surface area contributed by atoms with Crippen molar-refractivity contribution in [3.8, 4) is 0 Å². The summed E-state index contributed by atoms with van der Waals surface area (Å²) in [6.45, 7) is 5.44. The van der Waals surface area contributed by atoms with E-state index in [0.29, 0.717) is 15.9 Å². The van der Waals surface area contributed by atoms with Crippen LogP contribution in [0.5, 0.6) is 0 Å². The molecule has 3 fully saturated rings. The van der Waals surface area contributed by atoms with Crippen LogP contribution in [-0.2, 0) is 4.79 Å². The molecule has 6 atom stereocenters. The number of piperidine rings is 1. The summed E-state index contributed by atoms with van der Waals surface area (Å²) in [5.74, 6) is 1.81. The van der Waals surface area contributed by atoms with Crippen molar-refractivity contribution in [2.75, 3.05) is 19.6 Å². The molecule has 5 heteroatoms. The highest BCUT2D eigenvalue weighted by Gasteiger charge is 2.39. The molecule has 1 saturated carbocycles. The van der Waals surface area contributed by atoms with E-state index < -0.39 is 5.97 Å². The van der Waals surface area contributed by atoms with Gasteiger partial charge in [-0.15, -0.1) is 0 Å². The van der Waals surface area contributed by atoms with Gasteiger partial charge in [-0.2, -0.15) is 0 Å². The monoisotopic (exact) mass is 406 g/mol. The molecule has 2 N–H and O–H groups in total. The molecule has 2 aliphatic heterocycles. The van der Waals surface area contributed by atoms with E-state index in [4.69, 9.17) is 0 Å². The van der Waals surface area contributed by atoms with Gasteiger partial charge in [-0.25, -0.2) is 0 Å². The van der Waals surface area contributed by atoms with Gasteiger partial charge < -0.3 is 10.4 Å². The Morgan fingerprint density at radius 3 is 2.86 bits per heavy atom. The summed E-state index contributed by atoms with van der Waals surface area (Å²) in [7, 11) is 0. The average Bonchev–Trinajstić information content (AvgIpc) is 2.79. The molecule has 120 valence electrons. The van der Waals surface area contributed by atoms with E-state index >= 15 is 0 Å². The van der Waals surface area contributed by atoms with Crippen LogP contribution in [0.1, 0.15) is 39.0 Å². The lowest BCUT2D eigenvalue weighted by Crippen LogP contribution is -2.46. The standard InChI is InChI=1S/C16H27IN2O2/c1-10-4-13-5-11(2-3-12(13)7-18-10)8-19-9-14(17)6-15(19)16(20)21/h10-15,18H,2-9H2,1H3,(H,20,21)/t10-,11+,12+,13+,14+,15+/m1/s1. The van der Waals surface area contributed by atoms with E-state index in [1.165, 1.54) is 32.2 Å². The summed E-state index contributed by atoms with van der Waals surface area (Å²) < 4.78 is 0.499. The Morgan fingerprint density at radius 1 is 1.29 bits per heavy atom. The van der Waals surface area contributed by atoms with Crippen LogP contribution in [0.4, 0.5) is 0 Å². The third-order valence-electron chi connectivity index (χ3n) is 5.76. The zero-order chi connectivity index (χ0) is 15.0. The van der Waals surface area contributed by atoms with Gasteiger partial charge in [0.25, 0.3) is 0 Å². The van der Waals surface area contributed by atoms with Gasteiger partial charge in [-0.1, -0.05) is 22.6 Å². The van der Waals surface area contributed by atoms with Crippen LogP contribution in [0, 0.1) is 17.8 Å². The predicted molar refractivity (Wildman–Crippen MR) is 91.8 cm³/mol. The van der Waals surface area contributed by atoms with Gasteiger partial charge in [-0.3, -0.25) is 9.69 Å². The minimum atomic E-state index is -0.627. The normalized spacial score (nSPS) is 44.5. The van der Waals surface area contributed by atoms with E-state index in [1.807, 2.05) is 0 Å². The summed E-state index contributed by atoms with van der Waals surface area (Å²) in [5.41, 5.74) is 0. The Bertz CT molecular complexity index is 392. The third-order valence-corrected chi connectivity index (χ3v) is 6.67. The number of likely N-dealkylation sites (tertiary alicyclic amines) is 1. The van der Waals surface area contributed by atoms with Crippen molar-refractivity contribution in [1.82, 2.24) is 10.2 Å². The fourth-order valence-corrected chi connectivity index (χ4v) is 5.66. The van der Waals surface area contributed by atoms with E-state index in [9.17, 15) is 9.90 Å². The maximum atomic E-state index is 11.4. The SMILES string of the molecule is C[C@@H]1C[C@H]2C[C@@H](CN3C[C@@H](I)C[C@H]3C(=O)O)CC[C@H]2CN1. The van der Waals surface area contributed by atoms with Gasteiger partial charge >= 0.3 is 5.97 Å². The molecule has 0 bridgehead atoms. The number of nitrogens with one attached hydrogen (secondary N) is 1. The number of fused-ring (bicyclic) bond motifs is 1. The summed E-state index contributed by atoms with van der Waals surface area (Å²) >= 11 is 2.41. The molecule has 21 heavy (non-hydrogen) atoms. The van der Waals surface area contributed by atoms with Crippen LogP contribution >= 0.6 is 22.6 Å². The Kier molecular flexibility index (Phi) is 5.11. The van der Waals surface area contributed by atoms with Gasteiger partial charge in [0.2, 0.25) is 0 Å². The van der Waals surface area contributed by atoms with Crippen molar-refractivity contribution in [1.29, 1.82) is 0 Å². The number of hydrogen-bond acceptors (Lipinski definition) is 3. The first-order valence-electron chi connectivity index (χ1n) is 8.37. The first-order chi connectivity index (χ1) is 10.0. The fraction of sp³-hybridized carbons (Fsp3) is 0.938. The quantitative estimate of drug-likeness (QED) is 0.558. The number of aliphatic carboxylic acids is 1. The number of carboxylic acids is 1. The first-order valence-corrected chi connectivity index (χ1v) is 9.61. The molecule has 4 nitrogen and oxygen atoms in total. The highest BCUT2D eigenvalue weighted by molar-refractivity contribution is 14.1. The maximum Gasteiger partial charge on any atom is 0.320 e. The number of hydrogen-bond donors (Lipinski definition) is 2. The fourth-order valence-electron chi connectivity index (χ4n) is 4.68. The second-order valence-corrected chi connectivity index (χ2v) is 9.15. The zero-order valence-electron chi connectivity index (χ0n) is 12.8. The Hall–Kier alpha value is 0.120. The molecule has 2 saturated heterocycles. The van der Waals surface area contributed by atoms with Crippen molar-refractivity contribution in [2.24, 2.45) is 17.8 Å². The lowest BCUT2D eigenvalue weighted by atomic mass is 9.70. The second-order valence-electron chi connectivity index (χ2n) is 7.39. The Labute approximate surface area is 141 Å². The van der Waals surface area contributed by atoms with E-state index in [0.717, 1.165) is 31.3 Å². The minimum absolute atomic E-state index is 0.239. The molecule has 0 spiro atoms. The zero-order valence-corrected chi connectivity index (χ0v) is 15.0. The van der Waals surface area contributed by atoms with Crippen LogP contribution in [0.3, 0.4) is 0 Å². The molecular weight excluding hydrogens is 379 g/mol. The smallest absolute Gasteiger partial charge is 0.320 e. The number of alkyl halides is 1. The molecule has 0 aromatic carbocycles. The molecular formula is C16H27IN2O2. The van der Waals surface area contributed by atoms with Crippen LogP contribution in [0.2, 0.25) is 0 Å². The number of rotatable bonds is 3. The van der Waals surface area contributed by atoms with Crippen LogP contribution in [0.15, 0.2) is 0 Å². The molecule has 0 aromatic heterocycles. The first kappa shape index (κ1) is 16.0. The molecule has 3 rings (SSSR count). The largest absolute Gasteiger partial charge is 0.480 e. The molecule has 1 aliphatic carbocycles. The van der Waals surface area contributed by atoms with Crippen molar-refractivity contribution in [3.05, 3.63) is 0 Å². The highest BCUT2D eigenvalue weighted by Crippen LogP contribution is 2.39. The topological polar surface area (TPSA) is 52.6 Å². The maximum absolute atomic E-state index is 11.4. The molecule has 0 radical (unpaired) electrons. The summed E-state index contributed by atoms with van der Waals surface area (Å²) in [4.78, 5) is 13.7. The number of nitrogens with zero attached hydrogens (tertiary/aromatic N) is 1. The van der Waals surface area contributed by atoms with Crippen LogP contribution < -0.4 is 5.32 Å². The van der Waals surface area contributed by atoms with Crippen molar-refractivity contribution >= 4 is 28.6 Å². The summed E-state index contributed by atoms with van der Waals surface area (Å²) in [5, 5.41) is 13.0. The van der Waals surface area contributed by atoms with Gasteiger partial charge in [0.1, 0.15) is 6.04 Å². The summed E-state index contributed by atoms with van der Waals surface area (Å²) in [6.07, 6.45) is 6.04. The highest BCUT2D eigenvalue weighted by atomic mass is 127.